The third-order valence-electron chi connectivity index (χ3n) is 7.89. The summed E-state index contributed by atoms with van der Waals surface area (Å²) in [7, 11) is 0. The molecule has 0 radical (unpaired) electrons. The van der Waals surface area contributed by atoms with Crippen LogP contribution in [0.1, 0.15) is 58.2 Å². The van der Waals surface area contributed by atoms with Crippen molar-refractivity contribution in [2.75, 3.05) is 19.6 Å². The predicted octanol–water partition coefficient (Wildman–Crippen LogP) is 8.44. The number of likely N-dealkylation sites (tertiary alicyclic amines) is 1. The van der Waals surface area contributed by atoms with Gasteiger partial charge < -0.3 is 4.90 Å². The molecule has 38 heavy (non-hydrogen) atoms. The van der Waals surface area contributed by atoms with Crippen molar-refractivity contribution in [1.82, 2.24) is 4.90 Å². The minimum atomic E-state index is -4.40. The van der Waals surface area contributed by atoms with Crippen LogP contribution in [0.4, 0.5) is 22.0 Å². The zero-order valence-corrected chi connectivity index (χ0v) is 21.5. The summed E-state index contributed by atoms with van der Waals surface area (Å²) in [6, 6.07) is 21.1. The number of nitrogens with zero attached hydrogens (tertiary/aromatic N) is 1. The van der Waals surface area contributed by atoms with E-state index in [9.17, 15) is 22.0 Å². The molecule has 0 bridgehead atoms. The summed E-state index contributed by atoms with van der Waals surface area (Å²) >= 11 is 0. The lowest BCUT2D eigenvalue weighted by molar-refractivity contribution is -0.138. The number of alkyl halides is 5. The van der Waals surface area contributed by atoms with Gasteiger partial charge in [-0.1, -0.05) is 60.7 Å². The fraction of sp³-hybridized carbons (Fsp3) is 0.375. The summed E-state index contributed by atoms with van der Waals surface area (Å²) in [4.78, 5) is 2.07. The Morgan fingerprint density at radius 3 is 2.29 bits per heavy atom. The van der Waals surface area contributed by atoms with Gasteiger partial charge in [0.2, 0.25) is 6.43 Å². The van der Waals surface area contributed by atoms with E-state index in [0.29, 0.717) is 24.4 Å². The van der Waals surface area contributed by atoms with E-state index in [4.69, 9.17) is 0 Å². The van der Waals surface area contributed by atoms with E-state index in [0.717, 1.165) is 60.7 Å². The molecule has 3 aromatic carbocycles. The largest absolute Gasteiger partial charge is 0.416 e. The normalized spacial score (nSPS) is 16.9. The Hall–Kier alpha value is -2.99. The first-order chi connectivity index (χ1) is 18.2. The highest BCUT2D eigenvalue weighted by Crippen LogP contribution is 2.43. The maximum absolute atomic E-state index is 13.8. The Kier molecular flexibility index (Phi) is 7.71. The Morgan fingerprint density at radius 2 is 1.58 bits per heavy atom. The zero-order chi connectivity index (χ0) is 26.9. The van der Waals surface area contributed by atoms with E-state index >= 15 is 0 Å². The highest BCUT2D eigenvalue weighted by atomic mass is 19.4. The van der Waals surface area contributed by atoms with Crippen LogP contribution in [0.15, 0.2) is 66.7 Å². The van der Waals surface area contributed by atoms with Crippen molar-refractivity contribution in [3.8, 4) is 0 Å². The van der Waals surface area contributed by atoms with Crippen LogP contribution in [0, 0.1) is 12.8 Å². The van der Waals surface area contributed by atoms with Crippen molar-refractivity contribution >= 4 is 11.1 Å². The van der Waals surface area contributed by atoms with Gasteiger partial charge in [-0.2, -0.15) is 13.2 Å². The minimum Gasteiger partial charge on any atom is -0.302 e. The van der Waals surface area contributed by atoms with Crippen molar-refractivity contribution in [1.29, 1.82) is 0 Å². The first-order valence-electron chi connectivity index (χ1n) is 13.3. The van der Waals surface area contributed by atoms with Crippen LogP contribution in [0.5, 0.6) is 0 Å². The molecule has 1 fully saturated rings. The SMILES string of the molecule is Cc1c(C2=C(c3ccc(CC4CN(CCC(F)F)C4)cc3)c3ccccc3CCC2)cccc1C(F)(F)F. The molecule has 5 rings (SSSR count). The Labute approximate surface area is 221 Å². The van der Waals surface area contributed by atoms with Crippen LogP contribution < -0.4 is 0 Å². The number of halogens is 5. The van der Waals surface area contributed by atoms with Gasteiger partial charge in [0.15, 0.2) is 0 Å². The van der Waals surface area contributed by atoms with Crippen molar-refractivity contribution < 1.29 is 22.0 Å². The molecule has 1 aliphatic heterocycles. The second kappa shape index (κ2) is 11.0. The second-order valence-electron chi connectivity index (χ2n) is 10.5. The molecule has 1 nitrogen and oxygen atoms in total. The molecular weight excluding hydrogens is 493 g/mol. The van der Waals surface area contributed by atoms with Crippen molar-refractivity contribution in [3.63, 3.8) is 0 Å². The van der Waals surface area contributed by atoms with Crippen LogP contribution in [0.3, 0.4) is 0 Å². The number of fused-ring (bicyclic) bond motifs is 1. The van der Waals surface area contributed by atoms with Gasteiger partial charge in [-0.25, -0.2) is 8.78 Å². The van der Waals surface area contributed by atoms with Gasteiger partial charge in [0.25, 0.3) is 0 Å². The summed E-state index contributed by atoms with van der Waals surface area (Å²) in [5.41, 5.74) is 6.79. The Balaban J connectivity index is 1.48. The van der Waals surface area contributed by atoms with E-state index < -0.39 is 18.2 Å². The molecule has 1 heterocycles. The molecule has 200 valence electrons. The van der Waals surface area contributed by atoms with E-state index in [1.54, 1.807) is 6.92 Å². The molecule has 1 saturated heterocycles. The number of allylic oxidation sites excluding steroid dienone is 1. The lowest BCUT2D eigenvalue weighted by Crippen LogP contribution is -2.48. The molecule has 6 heteroatoms. The monoisotopic (exact) mass is 525 g/mol. The summed E-state index contributed by atoms with van der Waals surface area (Å²) in [6.07, 6.45) is -3.40. The smallest absolute Gasteiger partial charge is 0.302 e. The highest BCUT2D eigenvalue weighted by molar-refractivity contribution is 6.00. The maximum Gasteiger partial charge on any atom is 0.416 e. The highest BCUT2D eigenvalue weighted by Gasteiger charge is 2.34. The molecule has 2 aliphatic rings. The van der Waals surface area contributed by atoms with Gasteiger partial charge in [0.1, 0.15) is 0 Å². The van der Waals surface area contributed by atoms with Crippen LogP contribution in [-0.4, -0.2) is 31.0 Å². The first-order valence-corrected chi connectivity index (χ1v) is 13.3. The average molecular weight is 526 g/mol. The van der Waals surface area contributed by atoms with E-state index in [1.807, 2.05) is 18.2 Å². The lowest BCUT2D eigenvalue weighted by atomic mass is 9.84. The maximum atomic E-state index is 13.8. The van der Waals surface area contributed by atoms with Crippen molar-refractivity contribution in [3.05, 3.63) is 106 Å². The molecule has 1 aliphatic carbocycles. The predicted molar refractivity (Wildman–Crippen MR) is 142 cm³/mol. The number of hydrogen-bond acceptors (Lipinski definition) is 1. The van der Waals surface area contributed by atoms with Crippen LogP contribution >= 0.6 is 0 Å². The molecule has 0 aromatic heterocycles. The van der Waals surface area contributed by atoms with Crippen molar-refractivity contribution in [2.24, 2.45) is 5.92 Å². The number of hydrogen-bond donors (Lipinski definition) is 0. The minimum absolute atomic E-state index is 0.0777. The van der Waals surface area contributed by atoms with Gasteiger partial charge in [-0.15, -0.1) is 0 Å². The lowest BCUT2D eigenvalue weighted by Gasteiger charge is -2.39. The molecule has 0 saturated carbocycles. The van der Waals surface area contributed by atoms with Gasteiger partial charge in [-0.05, 0) is 89.1 Å². The Morgan fingerprint density at radius 1 is 0.868 bits per heavy atom. The van der Waals surface area contributed by atoms with Gasteiger partial charge in [0, 0.05) is 26.1 Å². The van der Waals surface area contributed by atoms with E-state index in [2.05, 4.69) is 41.3 Å². The molecular formula is C32H32F5N. The summed E-state index contributed by atoms with van der Waals surface area (Å²) in [5, 5.41) is 0. The van der Waals surface area contributed by atoms with Gasteiger partial charge in [-0.3, -0.25) is 0 Å². The van der Waals surface area contributed by atoms with Gasteiger partial charge in [0.05, 0.1) is 5.56 Å². The van der Waals surface area contributed by atoms with Gasteiger partial charge >= 0.3 is 6.18 Å². The summed E-state index contributed by atoms with van der Waals surface area (Å²) < 4.78 is 66.2. The first kappa shape index (κ1) is 26.6. The molecule has 0 spiro atoms. The number of rotatable bonds is 7. The van der Waals surface area contributed by atoms with Crippen molar-refractivity contribution in [2.45, 2.75) is 51.6 Å². The van der Waals surface area contributed by atoms with Crippen LogP contribution in [0.25, 0.3) is 11.1 Å². The quantitative estimate of drug-likeness (QED) is 0.280. The average Bonchev–Trinajstić information content (AvgIpc) is 3.04. The third-order valence-corrected chi connectivity index (χ3v) is 7.89. The van der Waals surface area contributed by atoms with E-state index in [-0.39, 0.29) is 12.0 Å². The summed E-state index contributed by atoms with van der Waals surface area (Å²) in [5.74, 6) is 0.458. The fourth-order valence-electron chi connectivity index (χ4n) is 6.00. The zero-order valence-electron chi connectivity index (χ0n) is 21.5. The molecule has 0 atom stereocenters. The standard InChI is InChI=1S/C32H32F5N/c1-21-26(9-5-11-29(21)32(35,36)37)28-10-4-7-24-6-2-3-8-27(24)31(28)25-14-12-22(13-15-25)18-23-19-38(20-23)17-16-30(33)34/h2-3,5-6,8-9,11-15,23,30H,4,7,10,16-20H2,1H3. The van der Waals surface area contributed by atoms with E-state index in [1.165, 1.54) is 17.2 Å². The summed E-state index contributed by atoms with van der Waals surface area (Å²) in [6.45, 7) is 3.70. The molecule has 3 aromatic rings. The number of aryl methyl sites for hydroxylation is 1. The molecule has 0 amide bonds. The molecule has 0 N–H and O–H groups in total. The molecule has 0 unspecified atom stereocenters. The number of benzene rings is 3. The third kappa shape index (κ3) is 5.70. The fourth-order valence-corrected chi connectivity index (χ4v) is 6.00. The van der Waals surface area contributed by atoms with Crippen LogP contribution in [-0.2, 0) is 19.0 Å². The Bertz CT molecular complexity index is 1300. The van der Waals surface area contributed by atoms with Crippen LogP contribution in [0.2, 0.25) is 0 Å². The second-order valence-corrected chi connectivity index (χ2v) is 10.5. The topological polar surface area (TPSA) is 3.24 Å².